The zero-order chi connectivity index (χ0) is 25.3. The van der Waals surface area contributed by atoms with Crippen molar-refractivity contribution in [2.75, 3.05) is 23.7 Å². The summed E-state index contributed by atoms with van der Waals surface area (Å²) >= 11 is 0. The van der Waals surface area contributed by atoms with Gasteiger partial charge in [-0.25, -0.2) is 12.8 Å². The van der Waals surface area contributed by atoms with Crippen molar-refractivity contribution in [3.63, 3.8) is 0 Å². The molecule has 0 bridgehead atoms. The van der Waals surface area contributed by atoms with Crippen LogP contribution in [0.15, 0.2) is 48.5 Å². The third kappa shape index (κ3) is 7.55. The number of rotatable bonds is 12. The minimum Gasteiger partial charge on any atom is -0.354 e. The molecule has 2 rings (SSSR count). The molecule has 0 unspecified atom stereocenters. The van der Waals surface area contributed by atoms with Gasteiger partial charge < -0.3 is 10.2 Å². The predicted molar refractivity (Wildman–Crippen MR) is 132 cm³/mol. The van der Waals surface area contributed by atoms with E-state index in [2.05, 4.69) is 5.32 Å². The first kappa shape index (κ1) is 27.3. The van der Waals surface area contributed by atoms with Crippen LogP contribution in [0.1, 0.15) is 44.2 Å². The number of sulfonamides is 1. The van der Waals surface area contributed by atoms with Crippen LogP contribution in [-0.2, 0) is 26.2 Å². The molecule has 1 atom stereocenters. The van der Waals surface area contributed by atoms with Crippen LogP contribution < -0.4 is 9.62 Å². The fourth-order valence-electron chi connectivity index (χ4n) is 3.61. The fraction of sp³-hybridized carbons (Fsp3) is 0.440. The Morgan fingerprint density at radius 3 is 2.35 bits per heavy atom. The highest BCUT2D eigenvalue weighted by Crippen LogP contribution is 2.23. The first-order chi connectivity index (χ1) is 16.1. The fourth-order valence-corrected chi connectivity index (χ4v) is 4.64. The van der Waals surface area contributed by atoms with Gasteiger partial charge in [-0.2, -0.15) is 0 Å². The zero-order valence-corrected chi connectivity index (χ0v) is 21.1. The van der Waals surface area contributed by atoms with Crippen LogP contribution in [0.5, 0.6) is 0 Å². The highest BCUT2D eigenvalue weighted by atomic mass is 32.2. The van der Waals surface area contributed by atoms with Crippen LogP contribution in [0.25, 0.3) is 0 Å². The Bertz CT molecular complexity index is 1090. The van der Waals surface area contributed by atoms with Gasteiger partial charge in [0.15, 0.2) is 0 Å². The Morgan fingerprint density at radius 2 is 1.74 bits per heavy atom. The average Bonchev–Trinajstić information content (AvgIpc) is 2.79. The molecule has 0 aromatic heterocycles. The molecule has 34 heavy (non-hydrogen) atoms. The third-order valence-electron chi connectivity index (χ3n) is 5.55. The minimum absolute atomic E-state index is 0.0117. The van der Waals surface area contributed by atoms with Crippen LogP contribution in [-0.4, -0.2) is 50.5 Å². The Kier molecular flexibility index (Phi) is 10.0. The summed E-state index contributed by atoms with van der Waals surface area (Å²) in [5, 5.41) is 2.78. The summed E-state index contributed by atoms with van der Waals surface area (Å²) in [6.45, 7) is 5.89. The largest absolute Gasteiger partial charge is 0.354 e. The summed E-state index contributed by atoms with van der Waals surface area (Å²) in [6, 6.07) is 12.5. The van der Waals surface area contributed by atoms with E-state index in [1.54, 1.807) is 37.3 Å². The van der Waals surface area contributed by atoms with Crippen LogP contribution >= 0.6 is 0 Å². The molecule has 2 aromatic carbocycles. The zero-order valence-electron chi connectivity index (χ0n) is 20.3. The van der Waals surface area contributed by atoms with Crippen molar-refractivity contribution in [1.82, 2.24) is 10.2 Å². The summed E-state index contributed by atoms with van der Waals surface area (Å²) in [6.07, 6.45) is 2.14. The third-order valence-corrected chi connectivity index (χ3v) is 6.73. The lowest BCUT2D eigenvalue weighted by molar-refractivity contribution is -0.140. The molecule has 2 aromatic rings. The van der Waals surface area contributed by atoms with E-state index in [1.807, 2.05) is 26.0 Å². The van der Waals surface area contributed by atoms with E-state index in [-0.39, 0.29) is 37.7 Å². The van der Waals surface area contributed by atoms with E-state index >= 15 is 0 Å². The van der Waals surface area contributed by atoms with Gasteiger partial charge in [-0.1, -0.05) is 43.3 Å². The molecule has 0 spiro atoms. The van der Waals surface area contributed by atoms with Crippen LogP contribution in [0.2, 0.25) is 0 Å². The molecule has 186 valence electrons. The summed E-state index contributed by atoms with van der Waals surface area (Å²) in [7, 11) is -3.56. The second-order valence-corrected chi connectivity index (χ2v) is 10.2. The number of carbonyl (C=O) groups is 2. The normalized spacial score (nSPS) is 12.1. The monoisotopic (exact) mass is 491 g/mol. The van der Waals surface area contributed by atoms with Crippen molar-refractivity contribution >= 4 is 27.5 Å². The van der Waals surface area contributed by atoms with E-state index in [9.17, 15) is 22.4 Å². The molecule has 9 heteroatoms. The molecule has 1 N–H and O–H groups in total. The number of carbonyl (C=O) groups excluding carboxylic acids is 2. The molecule has 7 nitrogen and oxygen atoms in total. The molecule has 0 radical (unpaired) electrons. The first-order valence-electron chi connectivity index (χ1n) is 11.4. The molecule has 0 aliphatic carbocycles. The highest BCUT2D eigenvalue weighted by Gasteiger charge is 2.27. The molecule has 0 fully saturated rings. The number of nitrogens with one attached hydrogen (secondary N) is 1. The van der Waals surface area contributed by atoms with Crippen LogP contribution in [0, 0.1) is 12.7 Å². The van der Waals surface area contributed by atoms with Crippen molar-refractivity contribution in [2.24, 2.45) is 0 Å². The van der Waals surface area contributed by atoms with Gasteiger partial charge in [-0.05, 0) is 44.4 Å². The van der Waals surface area contributed by atoms with Gasteiger partial charge >= 0.3 is 0 Å². The predicted octanol–water partition coefficient (Wildman–Crippen LogP) is 3.62. The van der Waals surface area contributed by atoms with Crippen molar-refractivity contribution in [3.8, 4) is 0 Å². The Morgan fingerprint density at radius 1 is 1.09 bits per heavy atom. The topological polar surface area (TPSA) is 86.8 Å². The smallest absolute Gasteiger partial charge is 0.242 e. The lowest BCUT2D eigenvalue weighted by Crippen LogP contribution is -2.48. The SMILES string of the molecule is CCCNC(=O)[C@H](C)N(Cc1ccccc1F)C(=O)CCCN(c1ccccc1C)S(C)(=O)=O. The standard InChI is InChI=1S/C25H34FN3O4S/c1-5-16-27-25(31)20(3)28(18-21-12-7-8-13-22(21)26)24(30)15-10-17-29(34(4,32)33)23-14-9-6-11-19(23)2/h6-9,11-14,20H,5,10,15-18H2,1-4H3,(H,27,31)/t20-/m0/s1. The van der Waals surface area contributed by atoms with Crippen molar-refractivity contribution < 1.29 is 22.4 Å². The minimum atomic E-state index is -3.56. The maximum Gasteiger partial charge on any atom is 0.242 e. The maximum absolute atomic E-state index is 14.3. The summed E-state index contributed by atoms with van der Waals surface area (Å²) in [4.78, 5) is 27.1. The average molecular weight is 492 g/mol. The van der Waals surface area contributed by atoms with Crippen molar-refractivity contribution in [2.45, 2.75) is 52.6 Å². The molecule has 0 saturated heterocycles. The van der Waals surface area contributed by atoms with Gasteiger partial charge in [0.25, 0.3) is 0 Å². The molecular weight excluding hydrogens is 457 g/mol. The highest BCUT2D eigenvalue weighted by molar-refractivity contribution is 7.92. The van der Waals surface area contributed by atoms with E-state index in [0.717, 1.165) is 18.2 Å². The summed E-state index contributed by atoms with van der Waals surface area (Å²) in [5.74, 6) is -1.12. The molecule has 0 saturated carbocycles. The van der Waals surface area contributed by atoms with E-state index in [4.69, 9.17) is 0 Å². The molecular formula is C25H34FN3O4S. The number of amides is 2. The number of halogens is 1. The van der Waals surface area contributed by atoms with Gasteiger partial charge in [0.2, 0.25) is 21.8 Å². The van der Waals surface area contributed by atoms with E-state index in [0.29, 0.717) is 17.8 Å². The van der Waals surface area contributed by atoms with Gasteiger partial charge in [-0.15, -0.1) is 0 Å². The quantitative estimate of drug-likeness (QED) is 0.491. The Balaban J connectivity index is 2.17. The number of hydrogen-bond donors (Lipinski definition) is 1. The number of benzene rings is 2. The number of anilines is 1. The lowest BCUT2D eigenvalue weighted by atomic mass is 10.1. The van der Waals surface area contributed by atoms with Crippen molar-refractivity contribution in [3.05, 3.63) is 65.5 Å². The van der Waals surface area contributed by atoms with Crippen molar-refractivity contribution in [1.29, 1.82) is 0 Å². The second-order valence-electron chi connectivity index (χ2n) is 8.31. The Hall–Kier alpha value is -2.94. The van der Waals surface area contributed by atoms with E-state index in [1.165, 1.54) is 15.3 Å². The Labute approximate surface area is 202 Å². The number of aryl methyl sites for hydroxylation is 1. The molecule has 0 aliphatic heterocycles. The first-order valence-corrected chi connectivity index (χ1v) is 13.2. The lowest BCUT2D eigenvalue weighted by Gasteiger charge is -2.29. The summed E-state index contributed by atoms with van der Waals surface area (Å²) in [5.41, 5.74) is 1.68. The van der Waals surface area contributed by atoms with Crippen LogP contribution in [0.4, 0.5) is 10.1 Å². The summed E-state index contributed by atoms with van der Waals surface area (Å²) < 4.78 is 40.4. The van der Waals surface area contributed by atoms with Gasteiger partial charge in [0, 0.05) is 31.6 Å². The van der Waals surface area contributed by atoms with Gasteiger partial charge in [0.1, 0.15) is 11.9 Å². The van der Waals surface area contributed by atoms with Crippen LogP contribution in [0.3, 0.4) is 0 Å². The van der Waals surface area contributed by atoms with Gasteiger partial charge in [0.05, 0.1) is 11.9 Å². The van der Waals surface area contributed by atoms with Gasteiger partial charge in [-0.3, -0.25) is 13.9 Å². The molecule has 0 aliphatic rings. The number of para-hydroxylation sites is 1. The molecule has 2 amide bonds. The maximum atomic E-state index is 14.3. The second kappa shape index (κ2) is 12.5. The van der Waals surface area contributed by atoms with E-state index < -0.39 is 21.9 Å². The molecule has 0 heterocycles. The number of hydrogen-bond acceptors (Lipinski definition) is 4. The number of nitrogens with zero attached hydrogens (tertiary/aromatic N) is 2.